The summed E-state index contributed by atoms with van der Waals surface area (Å²) >= 11 is 0. The van der Waals surface area contributed by atoms with Crippen LogP contribution < -0.4 is 5.56 Å². The van der Waals surface area contributed by atoms with E-state index in [4.69, 9.17) is 10.1 Å². The highest BCUT2D eigenvalue weighted by Gasteiger charge is 2.15. The number of ether oxygens (including phenoxy) is 1. The Hall–Kier alpha value is -2.57. The molecule has 2 rings (SSSR count). The summed E-state index contributed by atoms with van der Waals surface area (Å²) in [6.07, 6.45) is 3.48. The Kier molecular flexibility index (Phi) is 4.42. The fraction of sp³-hybridized carbons (Fsp3) is 0.357. The molecule has 0 saturated carbocycles. The van der Waals surface area contributed by atoms with Gasteiger partial charge in [-0.15, -0.1) is 0 Å². The van der Waals surface area contributed by atoms with Crippen molar-refractivity contribution < 1.29 is 9.53 Å². The highest BCUT2D eigenvalue weighted by molar-refractivity contribution is 5.88. The fourth-order valence-corrected chi connectivity index (χ4v) is 1.69. The number of carbonyl (C=O) groups is 1. The summed E-state index contributed by atoms with van der Waals surface area (Å²) in [5, 5.41) is 8.05. The molecule has 0 amide bonds. The smallest absolute Gasteiger partial charge is 0.315 e. The minimum Gasteiger partial charge on any atom is -0.410 e. The first-order chi connectivity index (χ1) is 10.0. The number of esters is 1. The lowest BCUT2D eigenvalue weighted by Crippen LogP contribution is -2.28. The molecular weight excluding hydrogens is 272 g/mol. The van der Waals surface area contributed by atoms with Crippen LogP contribution in [-0.4, -0.2) is 26.4 Å². The van der Waals surface area contributed by atoms with E-state index in [9.17, 15) is 9.59 Å². The second-order valence-electron chi connectivity index (χ2n) is 4.71. The summed E-state index contributed by atoms with van der Waals surface area (Å²) in [5.41, 5.74) is 0.0271. The standard InChI is InChI=1S/C14H16N4O3/c1-3-9(2)14(20)21-11(15)7-18-8-17-12-10(13(18)19)5-4-6-16-12/h4-6,8-9,15H,3,7H2,1-2H3. The molecule has 1 unspecified atom stereocenters. The molecule has 0 bridgehead atoms. The third-order valence-electron chi connectivity index (χ3n) is 3.15. The summed E-state index contributed by atoms with van der Waals surface area (Å²) in [4.78, 5) is 31.8. The predicted molar refractivity (Wildman–Crippen MR) is 77.1 cm³/mol. The van der Waals surface area contributed by atoms with Gasteiger partial charge in [0.1, 0.15) is 12.9 Å². The van der Waals surface area contributed by atoms with E-state index in [0.717, 1.165) is 0 Å². The fourth-order valence-electron chi connectivity index (χ4n) is 1.69. The maximum Gasteiger partial charge on any atom is 0.315 e. The van der Waals surface area contributed by atoms with Crippen LogP contribution in [0.1, 0.15) is 20.3 Å². The molecule has 2 aromatic rings. The summed E-state index contributed by atoms with van der Waals surface area (Å²) in [6.45, 7) is 3.45. The van der Waals surface area contributed by atoms with Crippen LogP contribution in [0.15, 0.2) is 29.5 Å². The van der Waals surface area contributed by atoms with E-state index in [1.807, 2.05) is 6.92 Å². The van der Waals surface area contributed by atoms with Crippen molar-refractivity contribution in [2.24, 2.45) is 5.92 Å². The third kappa shape index (κ3) is 3.31. The van der Waals surface area contributed by atoms with Crippen molar-refractivity contribution in [3.8, 4) is 0 Å². The maximum absolute atomic E-state index is 12.2. The van der Waals surface area contributed by atoms with Gasteiger partial charge in [-0.25, -0.2) is 9.97 Å². The number of aromatic nitrogens is 3. The monoisotopic (exact) mass is 288 g/mol. The molecule has 2 aromatic heterocycles. The lowest BCUT2D eigenvalue weighted by atomic mass is 10.1. The van der Waals surface area contributed by atoms with Gasteiger partial charge in [0.15, 0.2) is 5.65 Å². The number of fused-ring (bicyclic) bond motifs is 1. The first-order valence-corrected chi connectivity index (χ1v) is 6.62. The molecule has 0 aromatic carbocycles. The Morgan fingerprint density at radius 2 is 2.24 bits per heavy atom. The summed E-state index contributed by atoms with van der Waals surface area (Å²) in [7, 11) is 0. The molecule has 2 heterocycles. The lowest BCUT2D eigenvalue weighted by Gasteiger charge is -2.10. The molecule has 0 radical (unpaired) electrons. The minimum absolute atomic E-state index is 0.140. The van der Waals surface area contributed by atoms with Gasteiger partial charge in [-0.05, 0) is 18.6 Å². The van der Waals surface area contributed by atoms with Gasteiger partial charge in [-0.1, -0.05) is 13.8 Å². The molecular formula is C14H16N4O3. The Balaban J connectivity index is 2.17. The number of nitrogens with one attached hydrogen (secondary N) is 1. The topological polar surface area (TPSA) is 97.9 Å². The van der Waals surface area contributed by atoms with Crippen molar-refractivity contribution >= 4 is 22.9 Å². The van der Waals surface area contributed by atoms with E-state index < -0.39 is 5.97 Å². The Labute approximate surface area is 121 Å². The normalized spacial score (nSPS) is 12.1. The van der Waals surface area contributed by atoms with Gasteiger partial charge >= 0.3 is 5.97 Å². The second kappa shape index (κ2) is 6.25. The van der Waals surface area contributed by atoms with Gasteiger partial charge in [-0.3, -0.25) is 19.6 Å². The van der Waals surface area contributed by atoms with Gasteiger partial charge in [0.25, 0.3) is 5.56 Å². The minimum atomic E-state index is -0.467. The summed E-state index contributed by atoms with van der Waals surface area (Å²) < 4.78 is 6.13. The number of hydrogen-bond acceptors (Lipinski definition) is 6. The molecule has 7 nitrogen and oxygen atoms in total. The van der Waals surface area contributed by atoms with Crippen molar-refractivity contribution in [2.45, 2.75) is 26.8 Å². The van der Waals surface area contributed by atoms with Gasteiger partial charge in [0.05, 0.1) is 11.3 Å². The van der Waals surface area contributed by atoms with Crippen LogP contribution in [-0.2, 0) is 16.1 Å². The van der Waals surface area contributed by atoms with Crippen LogP contribution in [0.5, 0.6) is 0 Å². The van der Waals surface area contributed by atoms with E-state index in [1.165, 1.54) is 10.9 Å². The van der Waals surface area contributed by atoms with Gasteiger partial charge in [0, 0.05) is 6.20 Å². The Morgan fingerprint density at radius 3 is 2.95 bits per heavy atom. The molecule has 7 heteroatoms. The van der Waals surface area contributed by atoms with Crippen molar-refractivity contribution in [3.63, 3.8) is 0 Å². The number of rotatable bonds is 4. The lowest BCUT2D eigenvalue weighted by molar-refractivity contribution is -0.139. The van der Waals surface area contributed by atoms with E-state index in [-0.39, 0.29) is 23.9 Å². The van der Waals surface area contributed by atoms with Gasteiger partial charge < -0.3 is 4.74 Å². The maximum atomic E-state index is 12.2. The zero-order valence-electron chi connectivity index (χ0n) is 11.9. The Bertz CT molecular complexity index is 738. The Morgan fingerprint density at radius 1 is 1.48 bits per heavy atom. The molecule has 0 saturated heterocycles. The zero-order valence-corrected chi connectivity index (χ0v) is 11.9. The van der Waals surface area contributed by atoms with Crippen molar-refractivity contribution in [3.05, 3.63) is 35.0 Å². The molecule has 0 aliphatic heterocycles. The van der Waals surface area contributed by atoms with Crippen LogP contribution in [0, 0.1) is 11.3 Å². The summed E-state index contributed by atoms with van der Waals surface area (Å²) in [6, 6.07) is 3.26. The van der Waals surface area contributed by atoms with E-state index >= 15 is 0 Å². The second-order valence-corrected chi connectivity index (χ2v) is 4.71. The first-order valence-electron chi connectivity index (χ1n) is 6.62. The number of carbonyl (C=O) groups excluding carboxylic acids is 1. The van der Waals surface area contributed by atoms with Crippen LogP contribution in [0.4, 0.5) is 0 Å². The average Bonchev–Trinajstić information content (AvgIpc) is 2.49. The van der Waals surface area contributed by atoms with Crippen molar-refractivity contribution in [2.75, 3.05) is 0 Å². The highest BCUT2D eigenvalue weighted by Crippen LogP contribution is 2.04. The average molecular weight is 288 g/mol. The van der Waals surface area contributed by atoms with Gasteiger partial charge in [0.2, 0.25) is 5.90 Å². The first kappa shape index (κ1) is 14.8. The van der Waals surface area contributed by atoms with Crippen LogP contribution in [0.2, 0.25) is 0 Å². The molecule has 21 heavy (non-hydrogen) atoms. The molecule has 1 atom stereocenters. The number of nitrogens with zero attached hydrogens (tertiary/aromatic N) is 3. The number of pyridine rings is 1. The largest absolute Gasteiger partial charge is 0.410 e. The zero-order chi connectivity index (χ0) is 15.4. The van der Waals surface area contributed by atoms with Crippen LogP contribution in [0.25, 0.3) is 11.0 Å². The van der Waals surface area contributed by atoms with E-state index in [1.54, 1.807) is 25.3 Å². The molecule has 0 spiro atoms. The molecule has 1 N–H and O–H groups in total. The third-order valence-corrected chi connectivity index (χ3v) is 3.15. The van der Waals surface area contributed by atoms with Gasteiger partial charge in [-0.2, -0.15) is 0 Å². The van der Waals surface area contributed by atoms with Crippen LogP contribution >= 0.6 is 0 Å². The SMILES string of the molecule is CCC(C)C(=O)OC(=N)Cn1cnc2ncccc2c1=O. The molecule has 0 aliphatic rings. The quantitative estimate of drug-likeness (QED) is 0.520. The molecule has 0 aliphatic carbocycles. The highest BCUT2D eigenvalue weighted by atomic mass is 16.5. The van der Waals surface area contributed by atoms with E-state index in [0.29, 0.717) is 17.5 Å². The summed E-state index contributed by atoms with van der Waals surface area (Å²) in [5.74, 6) is -1.03. The molecule has 110 valence electrons. The van der Waals surface area contributed by atoms with E-state index in [2.05, 4.69) is 9.97 Å². The molecule has 0 fully saturated rings. The predicted octanol–water partition coefficient (Wildman–Crippen LogP) is 1.36. The number of hydrogen-bond donors (Lipinski definition) is 1. The van der Waals surface area contributed by atoms with Crippen molar-refractivity contribution in [1.82, 2.24) is 14.5 Å². The van der Waals surface area contributed by atoms with Crippen molar-refractivity contribution in [1.29, 1.82) is 5.41 Å². The van der Waals surface area contributed by atoms with Crippen LogP contribution in [0.3, 0.4) is 0 Å².